The number of aliphatic carboxylic acids is 1. The van der Waals surface area contributed by atoms with Gasteiger partial charge in [-0.2, -0.15) is 0 Å². The Hall–Kier alpha value is -1.73. The van der Waals surface area contributed by atoms with E-state index >= 15 is 0 Å². The monoisotopic (exact) mass is 585 g/mol. The molecule has 31 heavy (non-hydrogen) atoms. The number of rotatable bonds is 13. The molecule has 0 radical (unpaired) electrons. The number of nitro groups is 1. The number of benzene rings is 1. The lowest BCUT2D eigenvalue weighted by Crippen LogP contribution is -2.31. The van der Waals surface area contributed by atoms with E-state index in [1.807, 2.05) is 0 Å². The number of carboxylic acid groups (broad SMARTS) is 1. The minimum Gasteiger partial charge on any atom is -0.481 e. The maximum absolute atomic E-state index is 13.0. The van der Waals surface area contributed by atoms with Crippen LogP contribution in [0.4, 0.5) is 11.4 Å². The zero-order valence-corrected chi connectivity index (χ0v) is 21.2. The topological polar surface area (TPSA) is 138 Å². The number of nitrogens with zero attached hydrogens (tertiary/aromatic N) is 3. The number of carbonyl (C=O) groups excluding carboxylic acids is 1. The standard InChI is InChI=1S/C18H25Br2N3O7S/c1-3-31(29,30)16-12-14(23(27)28)13(11-15(16)22(9-6-19)10-7-20)18(26)21(2)8-4-5-17(24)25/h11-12H,3-10H2,1-2H3,(H,24,25). The zero-order chi connectivity index (χ0) is 23.8. The Morgan fingerprint density at radius 1 is 1.16 bits per heavy atom. The van der Waals surface area contributed by atoms with E-state index in [4.69, 9.17) is 5.11 Å². The average molecular weight is 587 g/mol. The van der Waals surface area contributed by atoms with Gasteiger partial charge in [-0.05, 0) is 12.5 Å². The van der Waals surface area contributed by atoms with Crippen LogP contribution in [0.1, 0.15) is 30.1 Å². The highest BCUT2D eigenvalue weighted by Gasteiger charge is 2.31. The quantitative estimate of drug-likeness (QED) is 0.211. The number of carbonyl (C=O) groups is 2. The van der Waals surface area contributed by atoms with Gasteiger partial charge in [0.2, 0.25) is 0 Å². The number of alkyl halides is 2. The Morgan fingerprint density at radius 2 is 1.74 bits per heavy atom. The Balaban J connectivity index is 3.63. The van der Waals surface area contributed by atoms with E-state index in [0.717, 1.165) is 6.07 Å². The van der Waals surface area contributed by atoms with E-state index in [1.54, 1.807) is 4.90 Å². The smallest absolute Gasteiger partial charge is 0.303 e. The van der Waals surface area contributed by atoms with E-state index in [-0.39, 0.29) is 41.3 Å². The van der Waals surface area contributed by atoms with E-state index in [1.165, 1.54) is 24.9 Å². The van der Waals surface area contributed by atoms with Crippen molar-refractivity contribution < 1.29 is 28.0 Å². The molecule has 0 heterocycles. The number of halogens is 2. The molecule has 0 fully saturated rings. The number of hydrogen-bond acceptors (Lipinski definition) is 7. The van der Waals surface area contributed by atoms with Gasteiger partial charge in [0.05, 0.1) is 21.3 Å². The molecule has 174 valence electrons. The second-order valence-electron chi connectivity index (χ2n) is 6.59. The molecule has 0 spiro atoms. The van der Waals surface area contributed by atoms with Crippen LogP contribution in [-0.2, 0) is 14.6 Å². The third-order valence-electron chi connectivity index (χ3n) is 4.50. The number of anilines is 1. The highest BCUT2D eigenvalue weighted by molar-refractivity contribution is 9.09. The highest BCUT2D eigenvalue weighted by Crippen LogP contribution is 2.34. The molecule has 0 aliphatic rings. The molecule has 0 atom stereocenters. The van der Waals surface area contributed by atoms with E-state index in [9.17, 15) is 28.1 Å². The summed E-state index contributed by atoms with van der Waals surface area (Å²) < 4.78 is 25.4. The maximum Gasteiger partial charge on any atom is 0.303 e. The van der Waals surface area contributed by atoms with Crippen molar-refractivity contribution in [1.82, 2.24) is 4.90 Å². The van der Waals surface area contributed by atoms with Crippen LogP contribution in [0.2, 0.25) is 0 Å². The van der Waals surface area contributed by atoms with Crippen LogP contribution in [-0.4, -0.2) is 78.3 Å². The van der Waals surface area contributed by atoms with E-state index < -0.39 is 32.3 Å². The lowest BCUT2D eigenvalue weighted by molar-refractivity contribution is -0.385. The molecule has 0 aromatic heterocycles. The lowest BCUT2D eigenvalue weighted by atomic mass is 10.1. The largest absolute Gasteiger partial charge is 0.481 e. The number of nitro benzene ring substituents is 1. The summed E-state index contributed by atoms with van der Waals surface area (Å²) in [7, 11) is -2.40. The molecule has 0 saturated heterocycles. The van der Waals surface area contributed by atoms with Crippen molar-refractivity contribution in [2.24, 2.45) is 0 Å². The van der Waals surface area contributed by atoms with Crippen molar-refractivity contribution in [3.8, 4) is 0 Å². The fraction of sp³-hybridized carbons (Fsp3) is 0.556. The van der Waals surface area contributed by atoms with Crippen LogP contribution in [0.5, 0.6) is 0 Å². The predicted molar refractivity (Wildman–Crippen MR) is 124 cm³/mol. The van der Waals surface area contributed by atoms with Crippen LogP contribution in [0.25, 0.3) is 0 Å². The average Bonchev–Trinajstić information content (AvgIpc) is 2.71. The third kappa shape index (κ3) is 7.42. The Kier molecular flexibility index (Phi) is 10.9. The summed E-state index contributed by atoms with van der Waals surface area (Å²) in [5, 5.41) is 21.5. The Morgan fingerprint density at radius 3 is 2.19 bits per heavy atom. The van der Waals surface area contributed by atoms with Crippen LogP contribution in [0.3, 0.4) is 0 Å². The normalized spacial score (nSPS) is 11.2. The van der Waals surface area contributed by atoms with Gasteiger partial charge in [0.25, 0.3) is 11.6 Å². The molecule has 1 N–H and O–H groups in total. The highest BCUT2D eigenvalue weighted by atomic mass is 79.9. The second kappa shape index (κ2) is 12.3. The molecule has 0 unspecified atom stereocenters. The molecule has 0 saturated carbocycles. The van der Waals surface area contributed by atoms with Crippen LogP contribution in [0.15, 0.2) is 17.0 Å². The van der Waals surface area contributed by atoms with Gasteiger partial charge < -0.3 is 14.9 Å². The first kappa shape index (κ1) is 27.3. The van der Waals surface area contributed by atoms with Crippen LogP contribution in [0, 0.1) is 10.1 Å². The van der Waals surface area contributed by atoms with Crippen molar-refractivity contribution in [1.29, 1.82) is 0 Å². The first-order valence-corrected chi connectivity index (χ1v) is 13.3. The predicted octanol–water partition coefficient (Wildman–Crippen LogP) is 2.92. The van der Waals surface area contributed by atoms with Gasteiger partial charge in [-0.25, -0.2) is 8.42 Å². The van der Waals surface area contributed by atoms with Crippen molar-refractivity contribution in [3.63, 3.8) is 0 Å². The number of carboxylic acids is 1. The number of hydrogen-bond donors (Lipinski definition) is 1. The summed E-state index contributed by atoms with van der Waals surface area (Å²) >= 11 is 6.64. The van der Waals surface area contributed by atoms with Gasteiger partial charge in [-0.15, -0.1) is 0 Å². The molecule has 1 amide bonds. The summed E-state index contributed by atoms with van der Waals surface area (Å²) in [6, 6.07) is 2.20. The zero-order valence-electron chi connectivity index (χ0n) is 17.2. The fourth-order valence-corrected chi connectivity index (χ4v) is 4.83. The molecule has 0 aliphatic heterocycles. The molecule has 13 heteroatoms. The summed E-state index contributed by atoms with van der Waals surface area (Å²) in [6.45, 7) is 2.36. The second-order valence-corrected chi connectivity index (χ2v) is 10.4. The number of amides is 1. The maximum atomic E-state index is 13.0. The molecular weight excluding hydrogens is 562 g/mol. The molecule has 1 aromatic rings. The van der Waals surface area contributed by atoms with Gasteiger partial charge in [-0.1, -0.05) is 38.8 Å². The number of sulfone groups is 1. The summed E-state index contributed by atoms with van der Waals surface area (Å²) in [6.07, 6.45) is 0.0305. The van der Waals surface area contributed by atoms with E-state index in [2.05, 4.69) is 31.9 Å². The Bertz CT molecular complexity index is 919. The summed E-state index contributed by atoms with van der Waals surface area (Å²) in [4.78, 5) is 37.3. The van der Waals surface area contributed by atoms with E-state index in [0.29, 0.717) is 23.7 Å². The third-order valence-corrected chi connectivity index (χ3v) is 6.97. The van der Waals surface area contributed by atoms with Gasteiger partial charge in [-0.3, -0.25) is 19.7 Å². The minimum absolute atomic E-state index is 0.0825. The van der Waals surface area contributed by atoms with Crippen molar-refractivity contribution in [3.05, 3.63) is 27.8 Å². The fourth-order valence-electron chi connectivity index (χ4n) is 2.86. The van der Waals surface area contributed by atoms with Gasteiger partial charge in [0.1, 0.15) is 5.56 Å². The first-order chi connectivity index (χ1) is 14.5. The molecule has 0 aliphatic carbocycles. The molecule has 1 rings (SSSR count). The summed E-state index contributed by atoms with van der Waals surface area (Å²) in [5.41, 5.74) is -0.640. The Labute approximate surface area is 197 Å². The van der Waals surface area contributed by atoms with Crippen molar-refractivity contribution in [2.45, 2.75) is 24.7 Å². The van der Waals surface area contributed by atoms with Crippen molar-refractivity contribution >= 4 is 64.9 Å². The molecule has 0 bridgehead atoms. The molecule has 10 nitrogen and oxygen atoms in total. The van der Waals surface area contributed by atoms with Gasteiger partial charge in [0.15, 0.2) is 9.84 Å². The lowest BCUT2D eigenvalue weighted by Gasteiger charge is -2.26. The first-order valence-electron chi connectivity index (χ1n) is 9.39. The molecular formula is C18H25Br2N3O7S. The summed E-state index contributed by atoms with van der Waals surface area (Å²) in [5.74, 6) is -1.95. The minimum atomic E-state index is -3.82. The van der Waals surface area contributed by atoms with Gasteiger partial charge in [0, 0.05) is 49.8 Å². The van der Waals surface area contributed by atoms with Gasteiger partial charge >= 0.3 is 5.97 Å². The molecule has 1 aromatic carbocycles. The van der Waals surface area contributed by atoms with Crippen LogP contribution >= 0.6 is 31.9 Å². The van der Waals surface area contributed by atoms with Crippen LogP contribution < -0.4 is 4.90 Å². The van der Waals surface area contributed by atoms with Crippen molar-refractivity contribution in [2.75, 3.05) is 48.0 Å². The SMILES string of the molecule is CCS(=O)(=O)c1cc([N+](=O)[O-])c(C(=O)N(C)CCCC(=O)O)cc1N(CCBr)CCBr.